The van der Waals surface area contributed by atoms with Crippen LogP contribution in [0.5, 0.6) is 0 Å². The number of hydrogen-bond acceptors (Lipinski definition) is 1. The van der Waals surface area contributed by atoms with E-state index in [0.717, 1.165) is 0 Å². The third kappa shape index (κ3) is 2.99. The van der Waals surface area contributed by atoms with E-state index in [9.17, 15) is 8.78 Å². The third-order valence-corrected chi connectivity index (χ3v) is 4.52. The Hall–Kier alpha value is -0.490. The SMILES string of the molecule is NC(c1ccc(Cl)c(Br)c1)c1c(F)ccc(Br)c1F. The highest BCUT2D eigenvalue weighted by atomic mass is 79.9. The highest BCUT2D eigenvalue weighted by Gasteiger charge is 2.20. The van der Waals surface area contributed by atoms with E-state index in [1.807, 2.05) is 0 Å². The summed E-state index contributed by atoms with van der Waals surface area (Å²) >= 11 is 12.1. The monoisotopic (exact) mass is 409 g/mol. The van der Waals surface area contributed by atoms with Gasteiger partial charge in [-0.3, -0.25) is 0 Å². The van der Waals surface area contributed by atoms with Crippen LogP contribution in [0, 0.1) is 11.6 Å². The summed E-state index contributed by atoms with van der Waals surface area (Å²) < 4.78 is 28.5. The number of halogens is 5. The van der Waals surface area contributed by atoms with Crippen molar-refractivity contribution >= 4 is 43.5 Å². The standard InChI is InChI=1S/C13H8Br2ClF2N/c14-7-2-4-10(17)11(12(7)18)13(19)6-1-3-9(16)8(15)5-6/h1-5,13H,19H2. The molecule has 0 bridgehead atoms. The quantitative estimate of drug-likeness (QED) is 0.676. The summed E-state index contributed by atoms with van der Waals surface area (Å²) in [4.78, 5) is 0. The van der Waals surface area contributed by atoms with Gasteiger partial charge in [-0.1, -0.05) is 17.7 Å². The molecule has 19 heavy (non-hydrogen) atoms. The molecule has 2 N–H and O–H groups in total. The van der Waals surface area contributed by atoms with Crippen molar-refractivity contribution in [1.82, 2.24) is 0 Å². The second kappa shape index (κ2) is 5.87. The lowest BCUT2D eigenvalue weighted by molar-refractivity contribution is 0.539. The van der Waals surface area contributed by atoms with E-state index in [1.165, 1.54) is 12.1 Å². The largest absolute Gasteiger partial charge is 0.320 e. The topological polar surface area (TPSA) is 26.0 Å². The Morgan fingerprint density at radius 1 is 1.05 bits per heavy atom. The first-order valence-corrected chi connectivity index (χ1v) is 7.22. The molecule has 0 amide bonds. The first-order valence-electron chi connectivity index (χ1n) is 5.25. The molecule has 0 fully saturated rings. The van der Waals surface area contributed by atoms with E-state index in [2.05, 4.69) is 31.9 Å². The molecule has 2 aromatic carbocycles. The maximum atomic E-state index is 14.0. The summed E-state index contributed by atoms with van der Waals surface area (Å²) in [6.07, 6.45) is 0. The first kappa shape index (κ1) is 14.9. The Morgan fingerprint density at radius 3 is 2.37 bits per heavy atom. The highest BCUT2D eigenvalue weighted by Crippen LogP contribution is 2.32. The van der Waals surface area contributed by atoms with E-state index in [4.69, 9.17) is 17.3 Å². The molecule has 1 unspecified atom stereocenters. The summed E-state index contributed by atoms with van der Waals surface area (Å²) in [5, 5.41) is 0.506. The van der Waals surface area contributed by atoms with E-state index >= 15 is 0 Å². The van der Waals surface area contributed by atoms with Crippen molar-refractivity contribution in [3.8, 4) is 0 Å². The number of rotatable bonds is 2. The van der Waals surface area contributed by atoms with Crippen molar-refractivity contribution in [2.45, 2.75) is 6.04 Å². The van der Waals surface area contributed by atoms with Crippen LogP contribution in [-0.2, 0) is 0 Å². The summed E-state index contributed by atoms with van der Waals surface area (Å²) in [5.74, 6) is -1.38. The summed E-state index contributed by atoms with van der Waals surface area (Å²) in [7, 11) is 0. The fourth-order valence-electron chi connectivity index (χ4n) is 1.70. The van der Waals surface area contributed by atoms with Crippen LogP contribution in [0.15, 0.2) is 39.3 Å². The molecular formula is C13H8Br2ClF2N. The van der Waals surface area contributed by atoms with Crippen molar-refractivity contribution in [2.24, 2.45) is 5.73 Å². The van der Waals surface area contributed by atoms with Gasteiger partial charge in [0, 0.05) is 10.0 Å². The molecule has 1 nitrogen and oxygen atoms in total. The lowest BCUT2D eigenvalue weighted by atomic mass is 9.99. The van der Waals surface area contributed by atoms with E-state index < -0.39 is 17.7 Å². The van der Waals surface area contributed by atoms with Gasteiger partial charge in [-0.05, 0) is 61.7 Å². The number of nitrogens with two attached hydrogens (primary N) is 1. The fourth-order valence-corrected chi connectivity index (χ4v) is 2.56. The summed E-state index contributed by atoms with van der Waals surface area (Å²) in [6, 6.07) is 6.47. The van der Waals surface area contributed by atoms with Gasteiger partial charge in [0.05, 0.1) is 15.5 Å². The Morgan fingerprint density at radius 2 is 1.74 bits per heavy atom. The Balaban J connectivity index is 2.52. The van der Waals surface area contributed by atoms with Crippen molar-refractivity contribution in [3.63, 3.8) is 0 Å². The molecule has 0 aromatic heterocycles. The van der Waals surface area contributed by atoms with Gasteiger partial charge in [-0.25, -0.2) is 8.78 Å². The van der Waals surface area contributed by atoms with Crippen LogP contribution in [0.3, 0.4) is 0 Å². The number of hydrogen-bond donors (Lipinski definition) is 1. The smallest absolute Gasteiger partial charge is 0.145 e. The van der Waals surface area contributed by atoms with Gasteiger partial charge < -0.3 is 5.73 Å². The number of benzene rings is 2. The minimum absolute atomic E-state index is 0.173. The van der Waals surface area contributed by atoms with Gasteiger partial charge >= 0.3 is 0 Å². The zero-order valence-corrected chi connectivity index (χ0v) is 13.4. The molecule has 2 aromatic rings. The van der Waals surface area contributed by atoms with Crippen molar-refractivity contribution in [3.05, 3.63) is 67.1 Å². The Labute approximate surface area is 131 Å². The van der Waals surface area contributed by atoms with Crippen LogP contribution in [0.1, 0.15) is 17.2 Å². The molecule has 100 valence electrons. The Kier molecular flexibility index (Phi) is 4.61. The molecule has 0 spiro atoms. The highest BCUT2D eigenvalue weighted by molar-refractivity contribution is 9.10. The maximum Gasteiger partial charge on any atom is 0.145 e. The molecule has 0 radical (unpaired) electrons. The molecular weight excluding hydrogens is 403 g/mol. The molecule has 0 aliphatic rings. The van der Waals surface area contributed by atoms with Crippen LogP contribution in [0.4, 0.5) is 8.78 Å². The zero-order valence-electron chi connectivity index (χ0n) is 9.43. The van der Waals surface area contributed by atoms with Gasteiger partial charge in [0.2, 0.25) is 0 Å². The maximum absolute atomic E-state index is 14.0. The van der Waals surface area contributed by atoms with Crippen molar-refractivity contribution < 1.29 is 8.78 Å². The van der Waals surface area contributed by atoms with Gasteiger partial charge in [-0.2, -0.15) is 0 Å². The van der Waals surface area contributed by atoms with E-state index in [0.29, 0.717) is 15.1 Å². The second-order valence-corrected chi connectivity index (χ2v) is 6.02. The molecule has 1 atom stereocenters. The second-order valence-electron chi connectivity index (χ2n) is 3.91. The van der Waals surface area contributed by atoms with Gasteiger partial charge in [0.1, 0.15) is 11.6 Å². The average molecular weight is 411 g/mol. The van der Waals surface area contributed by atoms with E-state index in [1.54, 1.807) is 18.2 Å². The molecule has 2 rings (SSSR count). The summed E-state index contributed by atoms with van der Waals surface area (Å²) in [6.45, 7) is 0. The first-order chi connectivity index (χ1) is 8.91. The lowest BCUT2D eigenvalue weighted by Crippen LogP contribution is -2.16. The molecule has 0 heterocycles. The predicted molar refractivity (Wildman–Crippen MR) is 79.2 cm³/mol. The third-order valence-electron chi connectivity index (χ3n) is 2.69. The van der Waals surface area contributed by atoms with Crippen LogP contribution >= 0.6 is 43.5 Å². The van der Waals surface area contributed by atoms with Gasteiger partial charge in [0.15, 0.2) is 0 Å². The molecule has 0 aliphatic heterocycles. The lowest BCUT2D eigenvalue weighted by Gasteiger charge is -2.16. The van der Waals surface area contributed by atoms with Crippen LogP contribution in [0.25, 0.3) is 0 Å². The predicted octanol–water partition coefficient (Wildman–Crippen LogP) is 5.19. The van der Waals surface area contributed by atoms with Crippen molar-refractivity contribution in [1.29, 1.82) is 0 Å². The van der Waals surface area contributed by atoms with Crippen LogP contribution < -0.4 is 5.73 Å². The normalized spacial score (nSPS) is 12.5. The van der Waals surface area contributed by atoms with Gasteiger partial charge in [-0.15, -0.1) is 0 Å². The molecule has 6 heteroatoms. The average Bonchev–Trinajstić information content (AvgIpc) is 2.37. The molecule has 0 saturated carbocycles. The van der Waals surface area contributed by atoms with Gasteiger partial charge in [0.25, 0.3) is 0 Å². The minimum Gasteiger partial charge on any atom is -0.320 e. The zero-order chi connectivity index (χ0) is 14.2. The van der Waals surface area contributed by atoms with Crippen LogP contribution in [0.2, 0.25) is 5.02 Å². The van der Waals surface area contributed by atoms with E-state index in [-0.39, 0.29) is 10.0 Å². The van der Waals surface area contributed by atoms with Crippen LogP contribution in [-0.4, -0.2) is 0 Å². The molecule has 0 aliphatic carbocycles. The minimum atomic E-state index is -0.911. The fraction of sp³-hybridized carbons (Fsp3) is 0.0769. The molecule has 0 saturated heterocycles. The van der Waals surface area contributed by atoms with Crippen molar-refractivity contribution in [2.75, 3.05) is 0 Å². The Bertz CT molecular complexity index is 634. The summed E-state index contributed by atoms with van der Waals surface area (Å²) in [5.41, 5.74) is 6.33.